The summed E-state index contributed by atoms with van der Waals surface area (Å²) in [4.78, 5) is 30.7. The Morgan fingerprint density at radius 3 is 2.26 bits per heavy atom. The third-order valence-corrected chi connectivity index (χ3v) is 7.83. The van der Waals surface area contributed by atoms with Gasteiger partial charge in [0.15, 0.2) is 0 Å². The predicted octanol–water partition coefficient (Wildman–Crippen LogP) is 5.77. The van der Waals surface area contributed by atoms with Crippen LogP contribution in [0.1, 0.15) is 82.4 Å². The molecule has 0 aliphatic heterocycles. The minimum atomic E-state index is -0.237. The first-order valence-electron chi connectivity index (χ1n) is 13.5. The van der Waals surface area contributed by atoms with Crippen LogP contribution in [0.3, 0.4) is 0 Å². The van der Waals surface area contributed by atoms with Crippen LogP contribution in [0.15, 0.2) is 42.6 Å². The van der Waals surface area contributed by atoms with Gasteiger partial charge in [-0.3, -0.25) is 9.59 Å². The van der Waals surface area contributed by atoms with Crippen LogP contribution in [0.5, 0.6) is 0 Å². The fourth-order valence-electron chi connectivity index (χ4n) is 5.73. The molecule has 2 aliphatic rings. The Bertz CT molecular complexity index is 959. The standard InChI is InChI=1S/C29H40FN3O2/c1-2-31(29(35)24-10-5-3-6-11-24)22-28(34)33(26-12-7-4-8-13-26)21-27-14-9-19-32(27)20-23-15-17-25(30)18-16-23/h9,14-19,24,26H,2-8,10-13,20-22H2,1H3. The Labute approximate surface area is 209 Å². The molecular formula is C29H40FN3O2. The van der Waals surface area contributed by atoms with Crippen molar-refractivity contribution in [2.45, 2.75) is 90.3 Å². The number of benzene rings is 1. The van der Waals surface area contributed by atoms with E-state index in [1.54, 1.807) is 17.0 Å². The largest absolute Gasteiger partial charge is 0.345 e. The van der Waals surface area contributed by atoms with E-state index in [2.05, 4.69) is 10.6 Å². The smallest absolute Gasteiger partial charge is 0.242 e. The molecule has 1 aromatic heterocycles. The molecule has 0 atom stereocenters. The molecule has 0 saturated heterocycles. The van der Waals surface area contributed by atoms with Gasteiger partial charge in [0.25, 0.3) is 0 Å². The third-order valence-electron chi connectivity index (χ3n) is 7.83. The quantitative estimate of drug-likeness (QED) is 0.457. The minimum absolute atomic E-state index is 0.0532. The van der Waals surface area contributed by atoms with Gasteiger partial charge in [-0.15, -0.1) is 0 Å². The Kier molecular flexibility index (Phi) is 9.00. The molecule has 1 aromatic carbocycles. The van der Waals surface area contributed by atoms with Crippen LogP contribution in [0.25, 0.3) is 0 Å². The molecule has 2 aromatic rings. The molecule has 6 heteroatoms. The van der Waals surface area contributed by atoms with E-state index in [9.17, 15) is 14.0 Å². The molecular weight excluding hydrogens is 441 g/mol. The van der Waals surface area contributed by atoms with Crippen LogP contribution in [0.2, 0.25) is 0 Å². The summed E-state index contributed by atoms with van der Waals surface area (Å²) in [6.45, 7) is 3.89. The molecule has 0 spiro atoms. The van der Waals surface area contributed by atoms with Gasteiger partial charge in [0.2, 0.25) is 11.8 Å². The van der Waals surface area contributed by atoms with Crippen molar-refractivity contribution in [3.63, 3.8) is 0 Å². The normalized spacial score (nSPS) is 17.3. The molecule has 35 heavy (non-hydrogen) atoms. The number of rotatable bonds is 9. The molecule has 2 fully saturated rings. The lowest BCUT2D eigenvalue weighted by Gasteiger charge is -2.36. The zero-order valence-corrected chi connectivity index (χ0v) is 21.1. The summed E-state index contributed by atoms with van der Waals surface area (Å²) < 4.78 is 15.5. The average Bonchev–Trinajstić information content (AvgIpc) is 3.34. The maximum absolute atomic E-state index is 13.7. The summed E-state index contributed by atoms with van der Waals surface area (Å²) in [5, 5.41) is 0. The van der Waals surface area contributed by atoms with E-state index in [-0.39, 0.29) is 36.1 Å². The maximum atomic E-state index is 13.7. The highest BCUT2D eigenvalue weighted by Crippen LogP contribution is 2.27. The van der Waals surface area contributed by atoms with Gasteiger partial charge in [0.1, 0.15) is 5.82 Å². The number of aromatic nitrogens is 1. The monoisotopic (exact) mass is 481 g/mol. The van der Waals surface area contributed by atoms with E-state index in [4.69, 9.17) is 0 Å². The highest BCUT2D eigenvalue weighted by Gasteiger charge is 2.31. The summed E-state index contributed by atoms with van der Waals surface area (Å²) in [7, 11) is 0. The van der Waals surface area contributed by atoms with Gasteiger partial charge in [0.05, 0.1) is 13.1 Å². The van der Waals surface area contributed by atoms with Gasteiger partial charge in [-0.25, -0.2) is 4.39 Å². The zero-order chi connectivity index (χ0) is 24.6. The number of likely N-dealkylation sites (N-methyl/N-ethyl adjacent to an activating group) is 1. The molecule has 4 rings (SSSR count). The van der Waals surface area contributed by atoms with Gasteiger partial charge in [-0.2, -0.15) is 0 Å². The number of carbonyl (C=O) groups is 2. The Morgan fingerprint density at radius 2 is 1.60 bits per heavy atom. The van der Waals surface area contributed by atoms with E-state index in [1.807, 2.05) is 24.1 Å². The molecule has 2 aliphatic carbocycles. The molecule has 5 nitrogen and oxygen atoms in total. The number of hydrogen-bond donors (Lipinski definition) is 0. The van der Waals surface area contributed by atoms with Crippen LogP contribution in [0.4, 0.5) is 4.39 Å². The zero-order valence-electron chi connectivity index (χ0n) is 21.1. The lowest BCUT2D eigenvalue weighted by molar-refractivity contribution is -0.145. The van der Waals surface area contributed by atoms with Crippen molar-refractivity contribution in [1.29, 1.82) is 0 Å². The molecule has 0 N–H and O–H groups in total. The summed E-state index contributed by atoms with van der Waals surface area (Å²) in [6, 6.07) is 10.9. The second-order valence-electron chi connectivity index (χ2n) is 10.3. The van der Waals surface area contributed by atoms with Crippen molar-refractivity contribution < 1.29 is 14.0 Å². The first-order chi connectivity index (χ1) is 17.0. The van der Waals surface area contributed by atoms with Crippen molar-refractivity contribution in [3.05, 3.63) is 59.7 Å². The lowest BCUT2D eigenvalue weighted by Crippen LogP contribution is -2.48. The van der Waals surface area contributed by atoms with E-state index in [1.165, 1.54) is 25.0 Å². The van der Waals surface area contributed by atoms with Gasteiger partial charge in [-0.1, -0.05) is 50.7 Å². The van der Waals surface area contributed by atoms with Gasteiger partial charge in [0, 0.05) is 36.9 Å². The van der Waals surface area contributed by atoms with Crippen LogP contribution < -0.4 is 0 Å². The van der Waals surface area contributed by atoms with Crippen LogP contribution in [-0.2, 0) is 22.7 Å². The molecule has 0 radical (unpaired) electrons. The molecule has 0 bridgehead atoms. The first-order valence-corrected chi connectivity index (χ1v) is 13.5. The third kappa shape index (κ3) is 6.74. The van der Waals surface area contributed by atoms with Crippen molar-refractivity contribution in [2.75, 3.05) is 13.1 Å². The highest BCUT2D eigenvalue weighted by molar-refractivity contribution is 5.86. The van der Waals surface area contributed by atoms with Crippen LogP contribution >= 0.6 is 0 Å². The number of halogens is 1. The summed E-state index contributed by atoms with van der Waals surface area (Å²) in [5.74, 6) is 0.0487. The summed E-state index contributed by atoms with van der Waals surface area (Å²) in [5.41, 5.74) is 2.09. The Hall–Kier alpha value is -2.63. The van der Waals surface area contributed by atoms with E-state index in [0.717, 1.165) is 62.6 Å². The molecule has 2 amide bonds. The fourth-order valence-corrected chi connectivity index (χ4v) is 5.73. The Balaban J connectivity index is 1.48. The van der Waals surface area contributed by atoms with E-state index in [0.29, 0.717) is 19.6 Å². The van der Waals surface area contributed by atoms with Crippen LogP contribution in [-0.4, -0.2) is 45.3 Å². The SMILES string of the molecule is CCN(CC(=O)N(Cc1cccn1Cc1ccc(F)cc1)C1CCCCC1)C(=O)C1CCCCC1. The number of nitrogens with zero attached hydrogens (tertiary/aromatic N) is 3. The second kappa shape index (κ2) is 12.4. The van der Waals surface area contributed by atoms with Crippen molar-refractivity contribution in [2.24, 2.45) is 5.92 Å². The molecule has 190 valence electrons. The highest BCUT2D eigenvalue weighted by atomic mass is 19.1. The van der Waals surface area contributed by atoms with Crippen molar-refractivity contribution in [1.82, 2.24) is 14.4 Å². The maximum Gasteiger partial charge on any atom is 0.242 e. The van der Waals surface area contributed by atoms with Crippen LogP contribution in [0, 0.1) is 11.7 Å². The van der Waals surface area contributed by atoms with Crippen molar-refractivity contribution in [3.8, 4) is 0 Å². The molecule has 0 unspecified atom stereocenters. The number of carbonyl (C=O) groups excluding carboxylic acids is 2. The number of hydrogen-bond acceptors (Lipinski definition) is 2. The van der Waals surface area contributed by atoms with E-state index >= 15 is 0 Å². The Morgan fingerprint density at radius 1 is 0.943 bits per heavy atom. The van der Waals surface area contributed by atoms with Crippen molar-refractivity contribution >= 4 is 11.8 Å². The van der Waals surface area contributed by atoms with Gasteiger partial charge >= 0.3 is 0 Å². The summed E-state index contributed by atoms with van der Waals surface area (Å²) in [6.07, 6.45) is 12.9. The number of amides is 2. The second-order valence-corrected chi connectivity index (χ2v) is 10.3. The lowest BCUT2D eigenvalue weighted by atomic mass is 9.88. The van der Waals surface area contributed by atoms with E-state index < -0.39 is 0 Å². The van der Waals surface area contributed by atoms with Gasteiger partial charge < -0.3 is 14.4 Å². The first kappa shape index (κ1) is 25.5. The predicted molar refractivity (Wildman–Crippen MR) is 136 cm³/mol. The topological polar surface area (TPSA) is 45.6 Å². The molecule has 1 heterocycles. The van der Waals surface area contributed by atoms with Gasteiger partial charge in [-0.05, 0) is 62.4 Å². The average molecular weight is 482 g/mol. The summed E-state index contributed by atoms with van der Waals surface area (Å²) >= 11 is 0. The minimum Gasteiger partial charge on any atom is -0.345 e. The fraction of sp³-hybridized carbons (Fsp3) is 0.586. The molecule has 2 saturated carbocycles.